The third-order valence-corrected chi connectivity index (χ3v) is 7.46. The summed E-state index contributed by atoms with van der Waals surface area (Å²) in [5.41, 5.74) is 0. The van der Waals surface area contributed by atoms with Gasteiger partial charge in [0, 0.05) is 24.9 Å². The molecule has 1 saturated heterocycles. The molecule has 1 aliphatic heterocycles. The normalized spacial score (nSPS) is 20.5. The second kappa shape index (κ2) is 10.6. The van der Waals surface area contributed by atoms with E-state index < -0.39 is 16.3 Å². The molecule has 1 rings (SSSR count). The van der Waals surface area contributed by atoms with Gasteiger partial charge in [0.1, 0.15) is 6.04 Å². The standard InChI is InChI=1S/C16H33N3O3S2/c1-5-8-10-18(11-9-6-2)24(21,22)19-13-23-12-15(19)16(20)17-14(4)7-3/h14-15H,5-13H2,1-4H3,(H,17,20). The molecule has 0 aromatic heterocycles. The molecule has 1 fully saturated rings. The van der Waals surface area contributed by atoms with Gasteiger partial charge >= 0.3 is 0 Å². The van der Waals surface area contributed by atoms with E-state index in [2.05, 4.69) is 19.2 Å². The van der Waals surface area contributed by atoms with Crippen molar-refractivity contribution in [3.8, 4) is 0 Å². The van der Waals surface area contributed by atoms with Crippen molar-refractivity contribution < 1.29 is 13.2 Å². The van der Waals surface area contributed by atoms with Gasteiger partial charge in [-0.1, -0.05) is 33.6 Å². The number of nitrogens with one attached hydrogen (secondary N) is 1. The molecule has 2 unspecified atom stereocenters. The molecular formula is C16H33N3O3S2. The van der Waals surface area contributed by atoms with E-state index in [1.165, 1.54) is 16.1 Å². The Kier molecular flexibility index (Phi) is 9.63. The Hall–Kier alpha value is -0.310. The van der Waals surface area contributed by atoms with Gasteiger partial charge in [0.2, 0.25) is 5.91 Å². The predicted octanol–water partition coefficient (Wildman–Crippen LogP) is 2.42. The number of carbonyl (C=O) groups is 1. The molecule has 1 amide bonds. The van der Waals surface area contributed by atoms with Gasteiger partial charge in [-0.3, -0.25) is 4.79 Å². The second-order valence-corrected chi connectivity index (χ2v) is 9.22. The SMILES string of the molecule is CCCCN(CCCC)S(=O)(=O)N1CSCC1C(=O)NC(C)CC. The predicted molar refractivity (Wildman–Crippen MR) is 101 cm³/mol. The minimum Gasteiger partial charge on any atom is -0.352 e. The maximum absolute atomic E-state index is 13.1. The molecule has 0 aromatic carbocycles. The van der Waals surface area contributed by atoms with Gasteiger partial charge in [-0.2, -0.15) is 17.0 Å². The first-order valence-electron chi connectivity index (χ1n) is 9.03. The molecule has 1 heterocycles. The molecule has 0 saturated carbocycles. The largest absolute Gasteiger partial charge is 0.352 e. The summed E-state index contributed by atoms with van der Waals surface area (Å²) in [5, 5.41) is 2.92. The van der Waals surface area contributed by atoms with Crippen LogP contribution in [0.15, 0.2) is 0 Å². The lowest BCUT2D eigenvalue weighted by molar-refractivity contribution is -0.124. The van der Waals surface area contributed by atoms with Crippen LogP contribution in [0.2, 0.25) is 0 Å². The number of carbonyl (C=O) groups excluding carboxylic acids is 1. The number of hydrogen-bond acceptors (Lipinski definition) is 4. The fourth-order valence-electron chi connectivity index (χ4n) is 2.46. The van der Waals surface area contributed by atoms with E-state index in [1.54, 1.807) is 4.31 Å². The zero-order valence-electron chi connectivity index (χ0n) is 15.5. The molecule has 8 heteroatoms. The highest BCUT2D eigenvalue weighted by Gasteiger charge is 2.41. The van der Waals surface area contributed by atoms with Crippen LogP contribution in [0, 0.1) is 0 Å². The average Bonchev–Trinajstić information content (AvgIpc) is 3.05. The minimum absolute atomic E-state index is 0.0592. The van der Waals surface area contributed by atoms with Crippen molar-refractivity contribution in [1.29, 1.82) is 0 Å². The Labute approximate surface area is 151 Å². The zero-order valence-corrected chi connectivity index (χ0v) is 17.1. The molecule has 0 aliphatic carbocycles. The molecule has 2 atom stereocenters. The van der Waals surface area contributed by atoms with Gasteiger partial charge in [0.15, 0.2) is 0 Å². The van der Waals surface area contributed by atoms with Gasteiger partial charge < -0.3 is 5.32 Å². The van der Waals surface area contributed by atoms with Crippen molar-refractivity contribution in [2.24, 2.45) is 0 Å². The van der Waals surface area contributed by atoms with E-state index in [-0.39, 0.29) is 11.9 Å². The summed E-state index contributed by atoms with van der Waals surface area (Å²) in [6.45, 7) is 9.10. The number of thioether (sulfide) groups is 1. The number of unbranched alkanes of at least 4 members (excludes halogenated alkanes) is 2. The van der Waals surface area contributed by atoms with Crippen LogP contribution in [0.5, 0.6) is 0 Å². The van der Waals surface area contributed by atoms with Crippen LogP contribution < -0.4 is 5.32 Å². The number of nitrogens with zero attached hydrogens (tertiary/aromatic N) is 2. The first-order valence-corrected chi connectivity index (χ1v) is 11.6. The number of hydrogen-bond donors (Lipinski definition) is 1. The van der Waals surface area contributed by atoms with Crippen molar-refractivity contribution in [3.63, 3.8) is 0 Å². The molecule has 24 heavy (non-hydrogen) atoms. The van der Waals surface area contributed by atoms with Crippen LogP contribution in [-0.2, 0) is 15.0 Å². The van der Waals surface area contributed by atoms with Gasteiger partial charge in [-0.05, 0) is 26.2 Å². The molecule has 0 bridgehead atoms. The Morgan fingerprint density at radius 1 is 1.25 bits per heavy atom. The van der Waals surface area contributed by atoms with Crippen molar-refractivity contribution >= 4 is 27.9 Å². The van der Waals surface area contributed by atoms with Crippen LogP contribution in [0.25, 0.3) is 0 Å². The quantitative estimate of drug-likeness (QED) is 0.598. The molecule has 6 nitrogen and oxygen atoms in total. The Balaban J connectivity index is 2.89. The fourth-order valence-corrected chi connectivity index (χ4v) is 5.84. The maximum Gasteiger partial charge on any atom is 0.283 e. The Morgan fingerprint density at radius 2 is 1.83 bits per heavy atom. The van der Waals surface area contributed by atoms with Gasteiger partial charge in [-0.15, -0.1) is 11.8 Å². The number of rotatable bonds is 11. The van der Waals surface area contributed by atoms with Gasteiger partial charge in [0.25, 0.3) is 10.2 Å². The van der Waals surface area contributed by atoms with Crippen LogP contribution in [0.1, 0.15) is 59.8 Å². The lowest BCUT2D eigenvalue weighted by Gasteiger charge is -2.30. The van der Waals surface area contributed by atoms with E-state index >= 15 is 0 Å². The van der Waals surface area contributed by atoms with Crippen LogP contribution >= 0.6 is 11.8 Å². The summed E-state index contributed by atoms with van der Waals surface area (Å²) in [7, 11) is -3.60. The lowest BCUT2D eigenvalue weighted by atomic mass is 10.2. The summed E-state index contributed by atoms with van der Waals surface area (Å²) in [6, 6.07) is -0.538. The summed E-state index contributed by atoms with van der Waals surface area (Å²) in [4.78, 5) is 12.5. The average molecular weight is 380 g/mol. The summed E-state index contributed by atoms with van der Waals surface area (Å²) in [5.74, 6) is 0.705. The molecule has 0 aromatic rings. The molecule has 142 valence electrons. The van der Waals surface area contributed by atoms with E-state index in [4.69, 9.17) is 0 Å². The summed E-state index contributed by atoms with van der Waals surface area (Å²) < 4.78 is 29.1. The highest BCUT2D eigenvalue weighted by Crippen LogP contribution is 2.27. The van der Waals surface area contributed by atoms with E-state index in [0.29, 0.717) is 24.7 Å². The van der Waals surface area contributed by atoms with Crippen molar-refractivity contribution in [1.82, 2.24) is 13.9 Å². The van der Waals surface area contributed by atoms with Crippen LogP contribution in [0.3, 0.4) is 0 Å². The Morgan fingerprint density at radius 3 is 2.33 bits per heavy atom. The van der Waals surface area contributed by atoms with Crippen molar-refractivity contribution in [2.45, 2.75) is 71.9 Å². The third-order valence-electron chi connectivity index (χ3n) is 4.29. The summed E-state index contributed by atoms with van der Waals surface area (Å²) in [6.07, 6.45) is 4.41. The maximum atomic E-state index is 13.1. The third kappa shape index (κ3) is 5.89. The van der Waals surface area contributed by atoms with Crippen LogP contribution in [0.4, 0.5) is 0 Å². The first kappa shape index (κ1) is 21.7. The monoisotopic (exact) mass is 379 g/mol. The highest BCUT2D eigenvalue weighted by atomic mass is 32.2. The van der Waals surface area contributed by atoms with E-state index in [9.17, 15) is 13.2 Å². The highest BCUT2D eigenvalue weighted by molar-refractivity contribution is 8.00. The molecule has 0 radical (unpaired) electrons. The molecular weight excluding hydrogens is 346 g/mol. The number of amides is 1. The van der Waals surface area contributed by atoms with E-state index in [0.717, 1.165) is 32.1 Å². The van der Waals surface area contributed by atoms with Crippen LogP contribution in [-0.4, -0.2) is 59.7 Å². The molecule has 0 spiro atoms. The van der Waals surface area contributed by atoms with Crippen molar-refractivity contribution in [3.05, 3.63) is 0 Å². The van der Waals surface area contributed by atoms with Crippen molar-refractivity contribution in [2.75, 3.05) is 24.7 Å². The van der Waals surface area contributed by atoms with E-state index in [1.807, 2.05) is 13.8 Å². The Bertz CT molecular complexity index is 477. The molecule has 1 N–H and O–H groups in total. The smallest absolute Gasteiger partial charge is 0.283 e. The zero-order chi connectivity index (χ0) is 18.2. The molecule has 1 aliphatic rings. The summed E-state index contributed by atoms with van der Waals surface area (Å²) >= 11 is 1.50. The first-order chi connectivity index (χ1) is 11.4. The fraction of sp³-hybridized carbons (Fsp3) is 0.938. The minimum atomic E-state index is -3.60. The lowest BCUT2D eigenvalue weighted by Crippen LogP contribution is -2.53. The second-order valence-electron chi connectivity index (χ2n) is 6.33. The topological polar surface area (TPSA) is 69.7 Å². The van der Waals surface area contributed by atoms with Gasteiger partial charge in [0.05, 0.1) is 5.88 Å². The van der Waals surface area contributed by atoms with Gasteiger partial charge in [-0.25, -0.2) is 0 Å².